The van der Waals surface area contributed by atoms with Gasteiger partial charge in [-0.15, -0.1) is 0 Å². The second-order valence-corrected chi connectivity index (χ2v) is 10.6. The highest BCUT2D eigenvalue weighted by atomic mass is 32.2. The molecule has 8 heteroatoms. The van der Waals surface area contributed by atoms with Gasteiger partial charge in [-0.3, -0.25) is 4.79 Å². The summed E-state index contributed by atoms with van der Waals surface area (Å²) in [6, 6.07) is 4.51. The SMILES string of the molecule is COc1ccc(S(=O)(=O)NCCSC2CCCC2)cc1C(=O)N1CCCCC1. The lowest BCUT2D eigenvalue weighted by molar-refractivity contribution is 0.0720. The normalized spacial score (nSPS) is 18.4. The quantitative estimate of drug-likeness (QED) is 0.646. The molecule has 1 saturated carbocycles. The molecule has 0 atom stereocenters. The molecule has 28 heavy (non-hydrogen) atoms. The maximum absolute atomic E-state index is 12.9. The number of piperidine rings is 1. The van der Waals surface area contributed by atoms with E-state index in [4.69, 9.17) is 4.74 Å². The van der Waals surface area contributed by atoms with Crippen LogP contribution < -0.4 is 9.46 Å². The van der Waals surface area contributed by atoms with E-state index in [1.54, 1.807) is 11.0 Å². The van der Waals surface area contributed by atoms with Crippen molar-refractivity contribution in [2.24, 2.45) is 0 Å². The molecule has 0 unspecified atom stereocenters. The van der Waals surface area contributed by atoms with E-state index < -0.39 is 10.0 Å². The summed E-state index contributed by atoms with van der Waals surface area (Å²) < 4.78 is 33.4. The molecule has 6 nitrogen and oxygen atoms in total. The first kappa shape index (κ1) is 21.5. The van der Waals surface area contributed by atoms with E-state index in [1.165, 1.54) is 44.9 Å². The Kier molecular flexibility index (Phi) is 7.65. The Labute approximate surface area is 172 Å². The van der Waals surface area contributed by atoms with Crippen molar-refractivity contribution in [2.45, 2.75) is 55.1 Å². The van der Waals surface area contributed by atoms with Crippen molar-refractivity contribution in [3.8, 4) is 5.75 Å². The van der Waals surface area contributed by atoms with Crippen LogP contribution in [0, 0.1) is 0 Å². The Morgan fingerprint density at radius 1 is 1.18 bits per heavy atom. The minimum absolute atomic E-state index is 0.111. The van der Waals surface area contributed by atoms with E-state index in [0.717, 1.165) is 25.0 Å². The van der Waals surface area contributed by atoms with Crippen LogP contribution in [-0.4, -0.2) is 57.0 Å². The molecule has 2 aliphatic rings. The Bertz CT molecular complexity index is 770. The minimum atomic E-state index is -3.66. The summed E-state index contributed by atoms with van der Waals surface area (Å²) in [4.78, 5) is 14.8. The van der Waals surface area contributed by atoms with Gasteiger partial charge in [0.05, 0.1) is 17.6 Å². The molecular formula is C20H30N2O4S2. The fourth-order valence-electron chi connectivity index (χ4n) is 3.83. The van der Waals surface area contributed by atoms with Gasteiger partial charge in [0.2, 0.25) is 10.0 Å². The lowest BCUT2D eigenvalue weighted by atomic mass is 10.1. The second-order valence-electron chi connectivity index (χ2n) is 7.39. The summed E-state index contributed by atoms with van der Waals surface area (Å²) in [5.41, 5.74) is 0.313. The number of rotatable bonds is 8. The van der Waals surface area contributed by atoms with E-state index in [1.807, 2.05) is 11.8 Å². The van der Waals surface area contributed by atoms with E-state index >= 15 is 0 Å². The second kappa shape index (κ2) is 9.98. The van der Waals surface area contributed by atoms with Crippen LogP contribution in [0.3, 0.4) is 0 Å². The molecule has 1 aromatic rings. The van der Waals surface area contributed by atoms with Gasteiger partial charge in [-0.25, -0.2) is 13.1 Å². The van der Waals surface area contributed by atoms with Crippen molar-refractivity contribution < 1.29 is 17.9 Å². The van der Waals surface area contributed by atoms with Crippen molar-refractivity contribution in [2.75, 3.05) is 32.5 Å². The molecule has 1 N–H and O–H groups in total. The summed E-state index contributed by atoms with van der Waals surface area (Å²) in [6.45, 7) is 1.80. The van der Waals surface area contributed by atoms with Crippen LogP contribution in [0.4, 0.5) is 0 Å². The van der Waals surface area contributed by atoms with Crippen LogP contribution in [0.1, 0.15) is 55.3 Å². The lowest BCUT2D eigenvalue weighted by Crippen LogP contribution is -2.36. The third-order valence-electron chi connectivity index (χ3n) is 5.40. The molecule has 0 radical (unpaired) electrons. The number of ether oxygens (including phenoxy) is 1. The Morgan fingerprint density at radius 3 is 2.57 bits per heavy atom. The van der Waals surface area contributed by atoms with E-state index in [2.05, 4.69) is 4.72 Å². The van der Waals surface area contributed by atoms with E-state index in [-0.39, 0.29) is 10.8 Å². The molecule has 2 fully saturated rings. The molecule has 0 bridgehead atoms. The monoisotopic (exact) mass is 426 g/mol. The first-order valence-corrected chi connectivity index (χ1v) is 12.6. The fourth-order valence-corrected chi connectivity index (χ4v) is 6.24. The number of thioether (sulfide) groups is 1. The van der Waals surface area contributed by atoms with Gasteiger partial charge in [-0.05, 0) is 50.3 Å². The number of amides is 1. The molecule has 1 aliphatic heterocycles. The number of hydrogen-bond donors (Lipinski definition) is 1. The topological polar surface area (TPSA) is 75.7 Å². The number of carbonyl (C=O) groups is 1. The number of sulfonamides is 1. The number of methoxy groups -OCH3 is 1. The molecule has 1 heterocycles. The summed E-state index contributed by atoms with van der Waals surface area (Å²) in [6.07, 6.45) is 8.11. The van der Waals surface area contributed by atoms with E-state index in [9.17, 15) is 13.2 Å². The molecule has 0 aromatic heterocycles. The van der Waals surface area contributed by atoms with Crippen molar-refractivity contribution in [1.29, 1.82) is 0 Å². The van der Waals surface area contributed by atoms with Crippen LogP contribution in [0.15, 0.2) is 23.1 Å². The van der Waals surface area contributed by atoms with Crippen molar-refractivity contribution in [3.63, 3.8) is 0 Å². The van der Waals surface area contributed by atoms with Gasteiger partial charge in [-0.1, -0.05) is 12.8 Å². The summed E-state index contributed by atoms with van der Waals surface area (Å²) >= 11 is 1.85. The lowest BCUT2D eigenvalue weighted by Gasteiger charge is -2.27. The molecule has 0 spiro atoms. The zero-order valence-corrected chi connectivity index (χ0v) is 18.1. The summed E-state index contributed by atoms with van der Waals surface area (Å²) in [7, 11) is -2.16. The van der Waals surface area contributed by atoms with Crippen LogP contribution in [-0.2, 0) is 10.0 Å². The standard InChI is InChI=1S/C20H30N2O4S2/c1-26-19-10-9-17(15-18(19)20(23)22-12-5-2-6-13-22)28(24,25)21-11-14-27-16-7-3-4-8-16/h9-10,15-16,21H,2-8,11-14H2,1H3. The highest BCUT2D eigenvalue weighted by Gasteiger charge is 2.24. The average molecular weight is 427 g/mol. The molecule has 1 aromatic carbocycles. The number of carbonyl (C=O) groups excluding carboxylic acids is 1. The van der Waals surface area contributed by atoms with Gasteiger partial charge < -0.3 is 9.64 Å². The number of nitrogens with one attached hydrogen (secondary N) is 1. The Hall–Kier alpha value is -1.25. The van der Waals surface area contributed by atoms with Gasteiger partial charge in [0.15, 0.2) is 0 Å². The Balaban J connectivity index is 1.67. The Morgan fingerprint density at radius 2 is 1.89 bits per heavy atom. The van der Waals surface area contributed by atoms with Crippen molar-refractivity contribution in [3.05, 3.63) is 23.8 Å². The number of hydrogen-bond acceptors (Lipinski definition) is 5. The van der Waals surface area contributed by atoms with Crippen molar-refractivity contribution in [1.82, 2.24) is 9.62 Å². The predicted molar refractivity (Wildman–Crippen MR) is 113 cm³/mol. The molecule has 1 amide bonds. The van der Waals surface area contributed by atoms with Gasteiger partial charge in [-0.2, -0.15) is 11.8 Å². The minimum Gasteiger partial charge on any atom is -0.496 e. The number of benzene rings is 1. The van der Waals surface area contributed by atoms with Gasteiger partial charge in [0.1, 0.15) is 5.75 Å². The molecular weight excluding hydrogens is 396 g/mol. The first-order chi connectivity index (χ1) is 13.5. The highest BCUT2D eigenvalue weighted by Crippen LogP contribution is 2.29. The number of likely N-dealkylation sites (tertiary alicyclic amines) is 1. The molecule has 156 valence electrons. The van der Waals surface area contributed by atoms with Crippen LogP contribution in [0.2, 0.25) is 0 Å². The number of nitrogens with zero attached hydrogens (tertiary/aromatic N) is 1. The summed E-state index contributed by atoms with van der Waals surface area (Å²) in [5.74, 6) is 1.01. The van der Waals surface area contributed by atoms with Crippen LogP contribution in [0.5, 0.6) is 5.75 Å². The van der Waals surface area contributed by atoms with Crippen LogP contribution in [0.25, 0.3) is 0 Å². The van der Waals surface area contributed by atoms with Crippen LogP contribution >= 0.6 is 11.8 Å². The van der Waals surface area contributed by atoms with Gasteiger partial charge >= 0.3 is 0 Å². The molecule has 3 rings (SSSR count). The largest absolute Gasteiger partial charge is 0.496 e. The highest BCUT2D eigenvalue weighted by molar-refractivity contribution is 8.00. The smallest absolute Gasteiger partial charge is 0.257 e. The average Bonchev–Trinajstić information content (AvgIpc) is 3.24. The summed E-state index contributed by atoms with van der Waals surface area (Å²) in [5, 5.41) is 0.666. The third kappa shape index (κ3) is 5.42. The maximum atomic E-state index is 12.9. The van der Waals surface area contributed by atoms with E-state index in [0.29, 0.717) is 36.2 Å². The molecule has 1 saturated heterocycles. The zero-order chi connectivity index (χ0) is 20.0. The fraction of sp³-hybridized carbons (Fsp3) is 0.650. The van der Waals surface area contributed by atoms with Gasteiger partial charge in [0.25, 0.3) is 5.91 Å². The molecule has 1 aliphatic carbocycles. The van der Waals surface area contributed by atoms with Gasteiger partial charge in [0, 0.05) is 30.6 Å². The maximum Gasteiger partial charge on any atom is 0.257 e. The predicted octanol–water partition coefficient (Wildman–Crippen LogP) is 3.28. The first-order valence-electron chi connectivity index (χ1n) is 10.1. The van der Waals surface area contributed by atoms with Crippen molar-refractivity contribution >= 4 is 27.7 Å². The third-order valence-corrected chi connectivity index (χ3v) is 8.25. The zero-order valence-electron chi connectivity index (χ0n) is 16.5.